The van der Waals surface area contributed by atoms with Gasteiger partial charge in [0.15, 0.2) is 11.2 Å². The number of likely N-dealkylation sites (N-methyl/N-ethyl adjacent to an activating group) is 1. The number of hydrogen-bond acceptors (Lipinski definition) is 6. The van der Waals surface area contributed by atoms with Crippen molar-refractivity contribution in [2.24, 2.45) is 0 Å². The van der Waals surface area contributed by atoms with Gasteiger partial charge in [0.1, 0.15) is 0 Å². The average molecular weight is 482 g/mol. The molecular formula is C21H21ClFN3O5S. The van der Waals surface area contributed by atoms with E-state index in [1.165, 1.54) is 31.4 Å². The number of fused-ring (bicyclic) bond motifs is 2. The molecule has 11 heteroatoms. The molecule has 1 fully saturated rings. The Kier molecular flexibility index (Phi) is 6.59. The summed E-state index contributed by atoms with van der Waals surface area (Å²) >= 11 is 5.96. The zero-order valence-corrected chi connectivity index (χ0v) is 18.7. The molecule has 1 unspecified atom stereocenters. The maximum atomic E-state index is 15.4. The van der Waals surface area contributed by atoms with Crippen LogP contribution < -0.4 is 10.2 Å². The van der Waals surface area contributed by atoms with Crippen LogP contribution in [0.2, 0.25) is 5.02 Å². The zero-order chi connectivity index (χ0) is 22.9. The Morgan fingerprint density at radius 2 is 2.06 bits per heavy atom. The smallest absolute Gasteiger partial charge is 0.301 e. The summed E-state index contributed by atoms with van der Waals surface area (Å²) in [4.78, 5) is 17.2. The van der Waals surface area contributed by atoms with Crippen molar-refractivity contribution >= 4 is 49.2 Å². The van der Waals surface area contributed by atoms with E-state index < -0.39 is 27.6 Å². The third kappa shape index (κ3) is 4.69. The molecule has 0 aliphatic carbocycles. The first-order valence-electron chi connectivity index (χ1n) is 9.90. The minimum Gasteiger partial charge on any atom is -0.379 e. The monoisotopic (exact) mass is 481 g/mol. The highest BCUT2D eigenvalue weighted by molar-refractivity contribution is 7.90. The number of nitrogens with one attached hydrogen (secondary N) is 1. The number of benzene rings is 1. The molecule has 3 aromatic rings. The Bertz CT molecular complexity index is 1330. The molecule has 0 spiro atoms. The van der Waals surface area contributed by atoms with Gasteiger partial charge in [-0.05, 0) is 30.0 Å². The zero-order valence-electron chi connectivity index (χ0n) is 17.2. The van der Waals surface area contributed by atoms with Crippen molar-refractivity contribution in [2.45, 2.75) is 12.5 Å². The molecular weight excluding hydrogens is 461 g/mol. The van der Waals surface area contributed by atoms with Gasteiger partial charge in [-0.25, -0.2) is 4.39 Å². The van der Waals surface area contributed by atoms with Crippen LogP contribution in [0.25, 0.3) is 21.7 Å². The van der Waals surface area contributed by atoms with Crippen LogP contribution in [-0.2, 0) is 19.7 Å². The van der Waals surface area contributed by atoms with Crippen LogP contribution in [0.3, 0.4) is 0 Å². The number of nitrogens with zero attached hydrogens (tertiary/aromatic N) is 2. The number of aromatic nitrogens is 1. The van der Waals surface area contributed by atoms with Gasteiger partial charge in [-0.2, -0.15) is 12.7 Å². The van der Waals surface area contributed by atoms with Crippen molar-refractivity contribution in [2.75, 3.05) is 38.1 Å². The maximum absolute atomic E-state index is 15.4. The molecule has 0 radical (unpaired) electrons. The highest BCUT2D eigenvalue weighted by atomic mass is 35.5. The second-order valence-corrected chi connectivity index (χ2v) is 9.66. The highest BCUT2D eigenvalue weighted by Crippen LogP contribution is 2.25. The summed E-state index contributed by atoms with van der Waals surface area (Å²) in [7, 11) is -2.77. The van der Waals surface area contributed by atoms with E-state index in [1.807, 2.05) is 0 Å². The van der Waals surface area contributed by atoms with Crippen LogP contribution in [-0.4, -0.2) is 57.2 Å². The Morgan fingerprint density at radius 1 is 1.28 bits per heavy atom. The predicted octanol–water partition coefficient (Wildman–Crippen LogP) is 2.93. The fraction of sp³-hybridized carbons (Fsp3) is 0.333. The summed E-state index contributed by atoms with van der Waals surface area (Å²) in [6.45, 7) is 1.32. The van der Waals surface area contributed by atoms with Crippen LogP contribution in [0.4, 0.5) is 10.1 Å². The number of hydrogen-bond donors (Lipinski definition) is 1. The third-order valence-electron chi connectivity index (χ3n) is 5.15. The molecule has 32 heavy (non-hydrogen) atoms. The first-order chi connectivity index (χ1) is 15.3. The van der Waals surface area contributed by atoms with E-state index in [1.54, 1.807) is 12.1 Å². The van der Waals surface area contributed by atoms with Crippen LogP contribution in [0.5, 0.6) is 0 Å². The van der Waals surface area contributed by atoms with E-state index in [0.29, 0.717) is 24.1 Å². The topological polar surface area (TPSA) is 97.8 Å². The van der Waals surface area contributed by atoms with Crippen molar-refractivity contribution in [3.63, 3.8) is 0 Å². The van der Waals surface area contributed by atoms with Crippen molar-refractivity contribution in [3.8, 4) is 0 Å². The Balaban J connectivity index is 1.70. The summed E-state index contributed by atoms with van der Waals surface area (Å²) in [6.07, 6.45) is 1.69. The second-order valence-electron chi connectivity index (χ2n) is 7.45. The van der Waals surface area contributed by atoms with Crippen molar-refractivity contribution in [1.82, 2.24) is 9.29 Å². The number of halogens is 2. The van der Waals surface area contributed by atoms with Gasteiger partial charge in [-0.3, -0.25) is 14.5 Å². The quantitative estimate of drug-likeness (QED) is 0.601. The van der Waals surface area contributed by atoms with Gasteiger partial charge in [-0.15, -0.1) is 0 Å². The fourth-order valence-corrected chi connectivity index (χ4v) is 4.60. The van der Waals surface area contributed by atoms with E-state index in [4.69, 9.17) is 21.1 Å². The normalized spacial score (nSPS) is 17.6. The molecule has 1 N–H and O–H groups in total. The summed E-state index contributed by atoms with van der Waals surface area (Å²) in [5.74, 6) is -0.976. The summed E-state index contributed by atoms with van der Waals surface area (Å²) in [5.41, 5.74) is -0.623. The van der Waals surface area contributed by atoms with E-state index >= 15 is 4.39 Å². The molecule has 4 rings (SSSR count). The SMILES string of the molecule is CN(CC1COCCCO1)S(=O)(=O)Nc1ccc2ccc3ncc(Cl)cc3c(=O)c2c1F. The molecule has 1 aromatic heterocycles. The lowest BCUT2D eigenvalue weighted by atomic mass is 10.1. The lowest BCUT2D eigenvalue weighted by Gasteiger charge is -2.23. The molecule has 0 bridgehead atoms. The molecule has 0 amide bonds. The molecule has 8 nitrogen and oxygen atoms in total. The van der Waals surface area contributed by atoms with Crippen molar-refractivity contribution in [3.05, 3.63) is 57.6 Å². The van der Waals surface area contributed by atoms with Gasteiger partial charge in [0.05, 0.1) is 34.3 Å². The van der Waals surface area contributed by atoms with Crippen molar-refractivity contribution < 1.29 is 22.3 Å². The minimum atomic E-state index is -4.12. The van der Waals surface area contributed by atoms with Crippen molar-refractivity contribution in [1.29, 1.82) is 0 Å². The highest BCUT2D eigenvalue weighted by Gasteiger charge is 2.25. The summed E-state index contributed by atoms with van der Waals surface area (Å²) in [6, 6.07) is 7.29. The number of anilines is 1. The predicted molar refractivity (Wildman–Crippen MR) is 121 cm³/mol. The van der Waals surface area contributed by atoms with Crippen LogP contribution >= 0.6 is 11.6 Å². The van der Waals surface area contributed by atoms with Gasteiger partial charge in [0.25, 0.3) is 0 Å². The molecule has 1 aliphatic rings. The Labute approximate surface area is 189 Å². The first-order valence-corrected chi connectivity index (χ1v) is 11.7. The Hall–Kier alpha value is -2.37. The fourth-order valence-electron chi connectivity index (χ4n) is 3.49. The lowest BCUT2D eigenvalue weighted by molar-refractivity contribution is 0.0185. The molecule has 0 saturated carbocycles. The van der Waals surface area contributed by atoms with Crippen LogP contribution in [0.15, 0.2) is 41.3 Å². The first kappa shape index (κ1) is 22.8. The lowest BCUT2D eigenvalue weighted by Crippen LogP contribution is -2.40. The van der Waals surface area contributed by atoms with E-state index in [-0.39, 0.29) is 34.6 Å². The van der Waals surface area contributed by atoms with Gasteiger partial charge in [0, 0.05) is 38.4 Å². The number of rotatable bonds is 5. The standard InChI is InChI=1S/C21H21ClFN3O5S/c1-26(11-15-12-30-7-2-8-31-15)32(28,29)25-18-6-4-13-3-5-17-16(9-14(22)10-24-17)21(27)19(13)20(18)23/h3-6,9-10,15,25H,2,7-8,11-12H2,1H3. The molecule has 1 atom stereocenters. The molecule has 1 aliphatic heterocycles. The molecule has 170 valence electrons. The van der Waals surface area contributed by atoms with E-state index in [2.05, 4.69) is 9.71 Å². The van der Waals surface area contributed by atoms with Crippen LogP contribution in [0.1, 0.15) is 6.42 Å². The van der Waals surface area contributed by atoms with Gasteiger partial charge >= 0.3 is 10.2 Å². The third-order valence-corrected chi connectivity index (χ3v) is 6.81. The van der Waals surface area contributed by atoms with E-state index in [9.17, 15) is 13.2 Å². The Morgan fingerprint density at radius 3 is 2.88 bits per heavy atom. The van der Waals surface area contributed by atoms with E-state index in [0.717, 1.165) is 10.7 Å². The molecule has 2 aromatic carbocycles. The molecule has 1 saturated heterocycles. The number of pyridine rings is 1. The largest absolute Gasteiger partial charge is 0.379 e. The average Bonchev–Trinajstić information content (AvgIpc) is 3.09. The molecule has 2 heterocycles. The second kappa shape index (κ2) is 9.24. The van der Waals surface area contributed by atoms with Crippen LogP contribution in [0, 0.1) is 5.82 Å². The summed E-state index contributed by atoms with van der Waals surface area (Å²) in [5, 5.41) is 0.418. The van der Waals surface area contributed by atoms with Gasteiger partial charge < -0.3 is 9.47 Å². The van der Waals surface area contributed by atoms with Gasteiger partial charge in [0.2, 0.25) is 0 Å². The maximum Gasteiger partial charge on any atom is 0.301 e. The number of ether oxygens (including phenoxy) is 2. The van der Waals surface area contributed by atoms with Gasteiger partial charge in [-0.1, -0.05) is 23.7 Å². The summed E-state index contributed by atoms with van der Waals surface area (Å²) < 4.78 is 55.2. The minimum absolute atomic E-state index is 0.0289.